The first-order chi connectivity index (χ1) is 11.7. The standard InChI is InChI=1S/C17H32F3N5.HI/c1-5-21-16(22-12-13(2)23(4)15-6-7-15)25-10-8-24(9-11-25)14(3)17(18,19)20;/h13-15H,5-12H2,1-4H3,(H,21,22);1H. The highest BCUT2D eigenvalue weighted by molar-refractivity contribution is 14.0. The van der Waals surface area contributed by atoms with Gasteiger partial charge in [0, 0.05) is 44.8 Å². The Morgan fingerprint density at radius 2 is 1.77 bits per heavy atom. The quantitative estimate of drug-likeness (QED) is 0.352. The number of piperazine rings is 1. The molecule has 0 aromatic carbocycles. The van der Waals surface area contributed by atoms with Crippen LogP contribution in [0.25, 0.3) is 0 Å². The Hall–Kier alpha value is -0.290. The van der Waals surface area contributed by atoms with Crippen molar-refractivity contribution in [1.29, 1.82) is 0 Å². The molecule has 2 aliphatic rings. The molecule has 1 aliphatic carbocycles. The van der Waals surface area contributed by atoms with E-state index in [9.17, 15) is 13.2 Å². The van der Waals surface area contributed by atoms with Crippen molar-refractivity contribution in [2.45, 2.75) is 57.9 Å². The van der Waals surface area contributed by atoms with Crippen LogP contribution >= 0.6 is 24.0 Å². The fourth-order valence-corrected chi connectivity index (χ4v) is 3.14. The largest absolute Gasteiger partial charge is 0.403 e. The van der Waals surface area contributed by atoms with Crippen LogP contribution in [-0.2, 0) is 0 Å². The second kappa shape index (κ2) is 10.3. The van der Waals surface area contributed by atoms with E-state index in [1.165, 1.54) is 24.7 Å². The first-order valence-electron chi connectivity index (χ1n) is 9.30. The maximum atomic E-state index is 12.9. The lowest BCUT2D eigenvalue weighted by Gasteiger charge is -2.39. The molecule has 26 heavy (non-hydrogen) atoms. The van der Waals surface area contributed by atoms with E-state index in [1.807, 2.05) is 6.92 Å². The molecule has 0 bridgehead atoms. The van der Waals surface area contributed by atoms with Crippen molar-refractivity contribution in [3.05, 3.63) is 0 Å². The first-order valence-corrected chi connectivity index (χ1v) is 9.30. The average Bonchev–Trinajstić information content (AvgIpc) is 3.41. The van der Waals surface area contributed by atoms with Crippen molar-refractivity contribution >= 4 is 29.9 Å². The molecule has 1 aliphatic heterocycles. The summed E-state index contributed by atoms with van der Waals surface area (Å²) < 4.78 is 38.6. The number of halogens is 4. The molecular formula is C17H33F3IN5. The van der Waals surface area contributed by atoms with E-state index in [0.717, 1.165) is 12.5 Å². The second-order valence-corrected chi connectivity index (χ2v) is 7.18. The molecule has 0 radical (unpaired) electrons. The van der Waals surface area contributed by atoms with Crippen LogP contribution in [0, 0.1) is 0 Å². The van der Waals surface area contributed by atoms with Crippen molar-refractivity contribution < 1.29 is 13.2 Å². The van der Waals surface area contributed by atoms with Crippen LogP contribution in [0.1, 0.15) is 33.6 Å². The van der Waals surface area contributed by atoms with Gasteiger partial charge < -0.3 is 10.2 Å². The van der Waals surface area contributed by atoms with Gasteiger partial charge in [-0.15, -0.1) is 24.0 Å². The number of alkyl halides is 3. The monoisotopic (exact) mass is 491 g/mol. The number of nitrogens with one attached hydrogen (secondary N) is 1. The zero-order valence-corrected chi connectivity index (χ0v) is 18.6. The predicted molar refractivity (Wildman–Crippen MR) is 110 cm³/mol. The Bertz CT molecular complexity index is 448. The molecule has 2 fully saturated rings. The van der Waals surface area contributed by atoms with E-state index in [1.54, 1.807) is 0 Å². The van der Waals surface area contributed by atoms with Crippen LogP contribution in [0.15, 0.2) is 4.99 Å². The fraction of sp³-hybridized carbons (Fsp3) is 0.941. The lowest BCUT2D eigenvalue weighted by Crippen LogP contribution is -2.56. The number of aliphatic imine (C=N–C) groups is 1. The minimum absolute atomic E-state index is 0. The van der Waals surface area contributed by atoms with Gasteiger partial charge in [0.25, 0.3) is 0 Å². The third-order valence-electron chi connectivity index (χ3n) is 5.29. The van der Waals surface area contributed by atoms with Crippen LogP contribution in [0.5, 0.6) is 0 Å². The van der Waals surface area contributed by atoms with E-state index in [2.05, 4.69) is 29.1 Å². The van der Waals surface area contributed by atoms with Gasteiger partial charge in [0.2, 0.25) is 0 Å². The molecule has 2 unspecified atom stereocenters. The molecule has 2 rings (SSSR count). The van der Waals surface area contributed by atoms with Gasteiger partial charge >= 0.3 is 6.18 Å². The number of rotatable bonds is 6. The fourth-order valence-electron chi connectivity index (χ4n) is 3.14. The molecule has 0 amide bonds. The number of hydrogen-bond acceptors (Lipinski definition) is 3. The Morgan fingerprint density at radius 1 is 1.19 bits per heavy atom. The molecule has 1 heterocycles. The average molecular weight is 491 g/mol. The molecule has 0 aromatic heterocycles. The number of likely N-dealkylation sites (N-methyl/N-ethyl adjacent to an activating group) is 1. The van der Waals surface area contributed by atoms with Gasteiger partial charge in [-0.3, -0.25) is 14.8 Å². The van der Waals surface area contributed by atoms with Crippen molar-refractivity contribution in [3.8, 4) is 0 Å². The van der Waals surface area contributed by atoms with Crippen LogP contribution in [0.4, 0.5) is 13.2 Å². The van der Waals surface area contributed by atoms with Gasteiger partial charge in [-0.1, -0.05) is 0 Å². The van der Waals surface area contributed by atoms with Gasteiger partial charge in [0.15, 0.2) is 5.96 Å². The highest BCUT2D eigenvalue weighted by Gasteiger charge is 2.41. The highest BCUT2D eigenvalue weighted by Crippen LogP contribution is 2.27. The molecule has 1 saturated heterocycles. The lowest BCUT2D eigenvalue weighted by atomic mass is 10.2. The van der Waals surface area contributed by atoms with E-state index in [0.29, 0.717) is 44.8 Å². The SMILES string of the molecule is CCNC(=NCC(C)N(C)C1CC1)N1CCN(C(C)C(F)(F)F)CC1.I. The van der Waals surface area contributed by atoms with Gasteiger partial charge in [-0.2, -0.15) is 13.2 Å². The number of nitrogens with zero attached hydrogens (tertiary/aromatic N) is 4. The summed E-state index contributed by atoms with van der Waals surface area (Å²) >= 11 is 0. The maximum Gasteiger partial charge on any atom is 0.403 e. The van der Waals surface area contributed by atoms with Crippen LogP contribution < -0.4 is 5.32 Å². The molecule has 154 valence electrons. The molecule has 9 heteroatoms. The summed E-state index contributed by atoms with van der Waals surface area (Å²) in [6.45, 7) is 8.83. The van der Waals surface area contributed by atoms with Crippen molar-refractivity contribution in [2.75, 3.05) is 46.3 Å². The van der Waals surface area contributed by atoms with Crippen molar-refractivity contribution in [3.63, 3.8) is 0 Å². The van der Waals surface area contributed by atoms with E-state index >= 15 is 0 Å². The molecular weight excluding hydrogens is 458 g/mol. The predicted octanol–water partition coefficient (Wildman–Crippen LogP) is 2.62. The highest BCUT2D eigenvalue weighted by atomic mass is 127. The number of guanidine groups is 1. The van der Waals surface area contributed by atoms with Crippen LogP contribution in [-0.4, -0.2) is 91.3 Å². The Kier molecular flexibility index (Phi) is 9.42. The molecule has 1 N–H and O–H groups in total. The van der Waals surface area contributed by atoms with Crippen molar-refractivity contribution in [2.24, 2.45) is 4.99 Å². The van der Waals surface area contributed by atoms with Gasteiger partial charge in [-0.25, -0.2) is 0 Å². The third kappa shape index (κ3) is 6.70. The third-order valence-corrected chi connectivity index (χ3v) is 5.29. The normalized spacial score (nSPS) is 22.2. The Balaban J connectivity index is 0.00000338. The summed E-state index contributed by atoms with van der Waals surface area (Å²) in [5, 5.41) is 3.28. The first kappa shape index (κ1) is 23.7. The summed E-state index contributed by atoms with van der Waals surface area (Å²) in [5.41, 5.74) is 0. The summed E-state index contributed by atoms with van der Waals surface area (Å²) in [4.78, 5) is 10.7. The van der Waals surface area contributed by atoms with Crippen LogP contribution in [0.3, 0.4) is 0 Å². The van der Waals surface area contributed by atoms with E-state index in [-0.39, 0.29) is 24.0 Å². The minimum Gasteiger partial charge on any atom is -0.357 e. The Labute approximate surface area is 172 Å². The topological polar surface area (TPSA) is 34.1 Å². The van der Waals surface area contributed by atoms with Gasteiger partial charge in [-0.05, 0) is 40.7 Å². The van der Waals surface area contributed by atoms with Gasteiger partial charge in [0.05, 0.1) is 6.54 Å². The van der Waals surface area contributed by atoms with Crippen molar-refractivity contribution in [1.82, 2.24) is 20.0 Å². The summed E-state index contributed by atoms with van der Waals surface area (Å²) in [6.07, 6.45) is -1.63. The molecule has 0 aromatic rings. The lowest BCUT2D eigenvalue weighted by molar-refractivity contribution is -0.181. The summed E-state index contributed by atoms with van der Waals surface area (Å²) in [5.74, 6) is 0.817. The smallest absolute Gasteiger partial charge is 0.357 e. The zero-order valence-electron chi connectivity index (χ0n) is 16.2. The maximum absolute atomic E-state index is 12.9. The van der Waals surface area contributed by atoms with Gasteiger partial charge in [0.1, 0.15) is 6.04 Å². The van der Waals surface area contributed by atoms with E-state index < -0.39 is 12.2 Å². The molecule has 2 atom stereocenters. The minimum atomic E-state index is -4.16. The zero-order chi connectivity index (χ0) is 18.6. The number of hydrogen-bond donors (Lipinski definition) is 1. The Morgan fingerprint density at radius 3 is 2.23 bits per heavy atom. The molecule has 1 saturated carbocycles. The summed E-state index contributed by atoms with van der Waals surface area (Å²) in [6, 6.07) is -0.325. The molecule has 0 spiro atoms. The summed E-state index contributed by atoms with van der Waals surface area (Å²) in [7, 11) is 2.14. The second-order valence-electron chi connectivity index (χ2n) is 7.18. The van der Waals surface area contributed by atoms with Crippen LogP contribution in [0.2, 0.25) is 0 Å². The molecule has 5 nitrogen and oxygen atoms in total. The van der Waals surface area contributed by atoms with E-state index in [4.69, 9.17) is 4.99 Å².